The number of rotatable bonds is 13. The van der Waals surface area contributed by atoms with E-state index in [2.05, 4.69) is 19.2 Å². The summed E-state index contributed by atoms with van der Waals surface area (Å²) in [4.78, 5) is 0. The predicted molar refractivity (Wildman–Crippen MR) is 83.9 cm³/mol. The normalized spacial score (nSPS) is 17.7. The Labute approximate surface area is 124 Å². The third-order valence-corrected chi connectivity index (χ3v) is 3.85. The summed E-state index contributed by atoms with van der Waals surface area (Å²) < 4.78 is 5.60. The first-order chi connectivity index (χ1) is 9.45. The van der Waals surface area contributed by atoms with Gasteiger partial charge in [0.15, 0.2) is 0 Å². The van der Waals surface area contributed by atoms with E-state index < -0.39 is 11.7 Å². The maximum atomic E-state index is 9.82. The van der Waals surface area contributed by atoms with Crippen molar-refractivity contribution in [2.24, 2.45) is 5.92 Å². The summed E-state index contributed by atoms with van der Waals surface area (Å²) in [5.74, 6) is 0.607. The fraction of sp³-hybridized carbons (Fsp3) is 1.00. The van der Waals surface area contributed by atoms with Crippen molar-refractivity contribution in [3.05, 3.63) is 0 Å². The lowest BCUT2D eigenvalue weighted by Gasteiger charge is -2.23. The molecule has 3 atom stereocenters. The molecule has 0 rings (SSSR count). The Morgan fingerprint density at radius 1 is 1.20 bits per heavy atom. The summed E-state index contributed by atoms with van der Waals surface area (Å²) in [6.07, 6.45) is 5.00. The zero-order chi connectivity index (χ0) is 15.4. The molecule has 0 amide bonds. The fourth-order valence-electron chi connectivity index (χ4n) is 1.96. The van der Waals surface area contributed by atoms with Gasteiger partial charge in [-0.15, -0.1) is 0 Å². The minimum Gasteiger partial charge on any atom is -0.389 e. The molecule has 0 radical (unpaired) electrons. The maximum absolute atomic E-state index is 9.82. The van der Waals surface area contributed by atoms with Gasteiger partial charge in [-0.2, -0.15) is 0 Å². The highest BCUT2D eigenvalue weighted by atomic mass is 16.5. The van der Waals surface area contributed by atoms with E-state index in [0.29, 0.717) is 32.0 Å². The topological polar surface area (TPSA) is 61.7 Å². The van der Waals surface area contributed by atoms with Crippen molar-refractivity contribution in [1.29, 1.82) is 0 Å². The van der Waals surface area contributed by atoms with Crippen molar-refractivity contribution in [3.8, 4) is 0 Å². The molecule has 0 aliphatic heterocycles. The number of unbranched alkanes of at least 4 members (excludes halogenated alkanes) is 1. The van der Waals surface area contributed by atoms with Crippen molar-refractivity contribution in [2.75, 3.05) is 26.3 Å². The second kappa shape index (κ2) is 11.5. The zero-order valence-corrected chi connectivity index (χ0v) is 13.8. The van der Waals surface area contributed by atoms with E-state index in [1.807, 2.05) is 6.92 Å². The number of aliphatic hydroxyl groups excluding tert-OH is 1. The molecule has 122 valence electrons. The quantitative estimate of drug-likeness (QED) is 0.487. The molecule has 3 unspecified atom stereocenters. The van der Waals surface area contributed by atoms with E-state index in [4.69, 9.17) is 4.74 Å². The lowest BCUT2D eigenvalue weighted by Crippen LogP contribution is -2.41. The van der Waals surface area contributed by atoms with Crippen LogP contribution in [0.3, 0.4) is 0 Å². The zero-order valence-electron chi connectivity index (χ0n) is 13.8. The Bertz CT molecular complexity index is 222. The highest BCUT2D eigenvalue weighted by Crippen LogP contribution is 2.12. The average Bonchev–Trinajstić information content (AvgIpc) is 2.42. The SMILES string of the molecule is CCCCC(CC)COCC(O)CNCC(C)(O)CC. The third kappa shape index (κ3) is 10.6. The van der Waals surface area contributed by atoms with Gasteiger partial charge in [0.2, 0.25) is 0 Å². The molecular formula is C16H35NO3. The molecule has 0 spiro atoms. The fourth-order valence-corrected chi connectivity index (χ4v) is 1.96. The van der Waals surface area contributed by atoms with Crippen LogP contribution in [0.15, 0.2) is 0 Å². The van der Waals surface area contributed by atoms with Gasteiger partial charge >= 0.3 is 0 Å². The molecule has 0 heterocycles. The first-order valence-corrected chi connectivity index (χ1v) is 8.14. The molecule has 4 heteroatoms. The third-order valence-electron chi connectivity index (χ3n) is 3.85. The molecular weight excluding hydrogens is 254 g/mol. The van der Waals surface area contributed by atoms with E-state index >= 15 is 0 Å². The van der Waals surface area contributed by atoms with Crippen LogP contribution in [-0.2, 0) is 4.74 Å². The van der Waals surface area contributed by atoms with Crippen molar-refractivity contribution < 1.29 is 14.9 Å². The molecule has 0 aromatic rings. The Morgan fingerprint density at radius 3 is 2.45 bits per heavy atom. The standard InChI is InChI=1S/C16H35NO3/c1-5-8-9-14(6-2)11-20-12-15(18)10-17-13-16(4,19)7-3/h14-15,17-19H,5-13H2,1-4H3. The summed E-state index contributed by atoms with van der Waals surface area (Å²) in [6.45, 7) is 10.2. The van der Waals surface area contributed by atoms with Gasteiger partial charge in [-0.05, 0) is 25.7 Å². The first-order valence-electron chi connectivity index (χ1n) is 8.14. The molecule has 20 heavy (non-hydrogen) atoms. The molecule has 0 bridgehead atoms. The lowest BCUT2D eigenvalue weighted by molar-refractivity contribution is 0.0130. The van der Waals surface area contributed by atoms with Crippen LogP contribution < -0.4 is 5.32 Å². The van der Waals surface area contributed by atoms with Crippen LogP contribution in [0.4, 0.5) is 0 Å². The van der Waals surface area contributed by atoms with Gasteiger partial charge in [-0.3, -0.25) is 0 Å². The van der Waals surface area contributed by atoms with Gasteiger partial charge in [0.05, 0.1) is 18.3 Å². The molecule has 3 N–H and O–H groups in total. The minimum absolute atomic E-state index is 0.365. The van der Waals surface area contributed by atoms with Gasteiger partial charge < -0.3 is 20.3 Å². The average molecular weight is 289 g/mol. The van der Waals surface area contributed by atoms with E-state index in [1.54, 1.807) is 6.92 Å². The smallest absolute Gasteiger partial charge is 0.0897 e. The summed E-state index contributed by atoms with van der Waals surface area (Å²) in [5.41, 5.74) is -0.700. The molecule has 4 nitrogen and oxygen atoms in total. The summed E-state index contributed by atoms with van der Waals surface area (Å²) in [5, 5.41) is 22.7. The summed E-state index contributed by atoms with van der Waals surface area (Å²) in [6, 6.07) is 0. The molecule has 0 aromatic heterocycles. The number of ether oxygens (including phenoxy) is 1. The summed E-state index contributed by atoms with van der Waals surface area (Å²) >= 11 is 0. The molecule has 0 saturated carbocycles. The van der Waals surface area contributed by atoms with Gasteiger partial charge in [0.1, 0.15) is 0 Å². The van der Waals surface area contributed by atoms with Crippen LogP contribution in [0.25, 0.3) is 0 Å². The Morgan fingerprint density at radius 2 is 1.90 bits per heavy atom. The highest BCUT2D eigenvalue weighted by molar-refractivity contribution is 4.74. The van der Waals surface area contributed by atoms with Gasteiger partial charge in [0.25, 0.3) is 0 Å². The van der Waals surface area contributed by atoms with Gasteiger partial charge in [-0.1, -0.05) is 40.0 Å². The van der Waals surface area contributed by atoms with Crippen molar-refractivity contribution >= 4 is 0 Å². The number of aliphatic hydroxyl groups is 2. The first kappa shape index (κ1) is 19.8. The maximum Gasteiger partial charge on any atom is 0.0897 e. The van der Waals surface area contributed by atoms with Crippen LogP contribution in [0, 0.1) is 5.92 Å². The lowest BCUT2D eigenvalue weighted by atomic mass is 10.0. The number of hydrogen-bond donors (Lipinski definition) is 3. The van der Waals surface area contributed by atoms with E-state index in [-0.39, 0.29) is 0 Å². The van der Waals surface area contributed by atoms with E-state index in [1.165, 1.54) is 19.3 Å². The predicted octanol–water partition coefficient (Wildman–Crippen LogP) is 2.33. The van der Waals surface area contributed by atoms with Crippen molar-refractivity contribution in [3.63, 3.8) is 0 Å². The van der Waals surface area contributed by atoms with Crippen LogP contribution >= 0.6 is 0 Å². The Kier molecular flexibility index (Phi) is 11.4. The van der Waals surface area contributed by atoms with Crippen LogP contribution in [-0.4, -0.2) is 48.2 Å². The minimum atomic E-state index is -0.700. The Hall–Kier alpha value is -0.160. The monoisotopic (exact) mass is 289 g/mol. The van der Waals surface area contributed by atoms with Gasteiger partial charge in [0, 0.05) is 19.7 Å². The molecule has 0 aliphatic carbocycles. The summed E-state index contributed by atoms with van der Waals surface area (Å²) in [7, 11) is 0. The number of nitrogens with one attached hydrogen (secondary N) is 1. The molecule has 0 saturated heterocycles. The second-order valence-corrected chi connectivity index (χ2v) is 6.09. The molecule has 0 aromatic carbocycles. The molecule has 0 aliphatic rings. The highest BCUT2D eigenvalue weighted by Gasteiger charge is 2.17. The number of hydrogen-bond acceptors (Lipinski definition) is 4. The van der Waals surface area contributed by atoms with E-state index in [0.717, 1.165) is 13.0 Å². The Balaban J connectivity index is 3.64. The van der Waals surface area contributed by atoms with Crippen molar-refractivity contribution in [2.45, 2.75) is 71.5 Å². The molecule has 0 fully saturated rings. The van der Waals surface area contributed by atoms with Crippen LogP contribution in [0.2, 0.25) is 0 Å². The van der Waals surface area contributed by atoms with Crippen LogP contribution in [0.1, 0.15) is 59.8 Å². The van der Waals surface area contributed by atoms with Crippen molar-refractivity contribution in [1.82, 2.24) is 5.32 Å². The largest absolute Gasteiger partial charge is 0.389 e. The van der Waals surface area contributed by atoms with Crippen LogP contribution in [0.5, 0.6) is 0 Å². The van der Waals surface area contributed by atoms with Gasteiger partial charge in [-0.25, -0.2) is 0 Å². The van der Waals surface area contributed by atoms with E-state index in [9.17, 15) is 10.2 Å². The second-order valence-electron chi connectivity index (χ2n) is 6.09.